The molecular formula is C6H6F6. The van der Waals surface area contributed by atoms with Gasteiger partial charge in [-0.3, -0.25) is 0 Å². The van der Waals surface area contributed by atoms with E-state index in [9.17, 15) is 26.3 Å². The molecule has 6 heteroatoms. The summed E-state index contributed by atoms with van der Waals surface area (Å²) in [6, 6.07) is 0. The van der Waals surface area contributed by atoms with E-state index in [1.54, 1.807) is 0 Å². The van der Waals surface area contributed by atoms with Crippen LogP contribution in [-0.4, -0.2) is 12.4 Å². The highest BCUT2D eigenvalue weighted by Gasteiger charge is 2.26. The molecule has 0 aromatic carbocycles. The quantitative estimate of drug-likeness (QED) is 0.464. The molecule has 0 bridgehead atoms. The first-order valence-electron chi connectivity index (χ1n) is 3.02. The summed E-state index contributed by atoms with van der Waals surface area (Å²) >= 11 is 0. The molecule has 0 fully saturated rings. The fourth-order valence-electron chi connectivity index (χ4n) is 0.464. The first-order valence-corrected chi connectivity index (χ1v) is 3.02. The van der Waals surface area contributed by atoms with Crippen LogP contribution in [0.2, 0.25) is 0 Å². The zero-order valence-corrected chi connectivity index (χ0v) is 5.84. The summed E-state index contributed by atoms with van der Waals surface area (Å²) in [6.07, 6.45) is -10.5. The third-order valence-electron chi connectivity index (χ3n) is 0.901. The number of rotatable bonds is 2. The Hall–Kier alpha value is -0.680. The van der Waals surface area contributed by atoms with Crippen LogP contribution in [0.4, 0.5) is 26.3 Å². The fourth-order valence-corrected chi connectivity index (χ4v) is 0.464. The van der Waals surface area contributed by atoms with Crippen molar-refractivity contribution < 1.29 is 26.3 Å². The summed E-state index contributed by atoms with van der Waals surface area (Å²) < 4.78 is 68.0. The maximum Gasteiger partial charge on any atom is 0.409 e. The molecule has 0 aliphatic heterocycles. The summed E-state index contributed by atoms with van der Waals surface area (Å²) in [7, 11) is 0. The maximum absolute atomic E-state index is 11.4. The Kier molecular flexibility index (Phi) is 3.60. The normalized spacial score (nSPS) is 14.2. The predicted molar refractivity (Wildman–Crippen MR) is 30.5 cm³/mol. The molecule has 0 aromatic heterocycles. The third-order valence-corrected chi connectivity index (χ3v) is 0.901. The average molecular weight is 192 g/mol. The number of allylic oxidation sites excluding steroid dienone is 2. The minimum Gasteiger partial charge on any atom is -0.171 e. The van der Waals surface area contributed by atoms with E-state index in [2.05, 4.69) is 0 Å². The van der Waals surface area contributed by atoms with Crippen molar-refractivity contribution >= 4 is 0 Å². The second-order valence-electron chi connectivity index (χ2n) is 2.10. The van der Waals surface area contributed by atoms with E-state index in [1.807, 2.05) is 0 Å². The van der Waals surface area contributed by atoms with Crippen molar-refractivity contribution in [3.63, 3.8) is 0 Å². The molecule has 72 valence electrons. The molecule has 0 heterocycles. The lowest BCUT2D eigenvalue weighted by molar-refractivity contribution is -0.133. The van der Waals surface area contributed by atoms with Gasteiger partial charge in [-0.25, -0.2) is 0 Å². The molecule has 0 saturated heterocycles. The zero-order valence-electron chi connectivity index (χ0n) is 5.84. The maximum atomic E-state index is 11.4. The fraction of sp³-hybridized carbons (Fsp3) is 0.667. The number of halogens is 6. The van der Waals surface area contributed by atoms with Gasteiger partial charge in [-0.05, 0) is 6.42 Å². The first-order chi connectivity index (χ1) is 5.21. The molecule has 0 radical (unpaired) electrons. The minimum absolute atomic E-state index is 0.196. The highest BCUT2D eigenvalue weighted by Crippen LogP contribution is 2.22. The van der Waals surface area contributed by atoms with E-state index in [0.717, 1.165) is 0 Å². The molecule has 12 heavy (non-hydrogen) atoms. The summed E-state index contributed by atoms with van der Waals surface area (Å²) in [5, 5.41) is 0. The van der Waals surface area contributed by atoms with Gasteiger partial charge in [0.1, 0.15) is 0 Å². The van der Waals surface area contributed by atoms with Gasteiger partial charge in [0.15, 0.2) is 0 Å². The van der Waals surface area contributed by atoms with Gasteiger partial charge in [0.05, 0.1) is 0 Å². The van der Waals surface area contributed by atoms with Crippen LogP contribution in [0.1, 0.15) is 12.8 Å². The molecule has 0 aliphatic rings. The Morgan fingerprint density at radius 3 is 1.75 bits per heavy atom. The molecular weight excluding hydrogens is 186 g/mol. The number of alkyl halides is 6. The highest BCUT2D eigenvalue weighted by molar-refractivity contribution is 4.88. The van der Waals surface area contributed by atoms with E-state index in [0.29, 0.717) is 6.08 Å². The Bertz CT molecular complexity index is 150. The van der Waals surface area contributed by atoms with E-state index in [1.165, 1.54) is 0 Å². The Labute approximate surface area is 64.9 Å². The van der Waals surface area contributed by atoms with Crippen molar-refractivity contribution in [2.24, 2.45) is 0 Å². The van der Waals surface area contributed by atoms with Crippen molar-refractivity contribution in [2.75, 3.05) is 0 Å². The molecule has 0 unspecified atom stereocenters. The summed E-state index contributed by atoms with van der Waals surface area (Å²) in [6.45, 7) is 0. The second kappa shape index (κ2) is 3.82. The lowest BCUT2D eigenvalue weighted by Gasteiger charge is -2.02. The topological polar surface area (TPSA) is 0 Å². The molecule has 0 N–H and O–H groups in total. The van der Waals surface area contributed by atoms with E-state index in [-0.39, 0.29) is 6.08 Å². The van der Waals surface area contributed by atoms with Gasteiger partial charge < -0.3 is 0 Å². The van der Waals surface area contributed by atoms with Crippen molar-refractivity contribution in [3.8, 4) is 0 Å². The molecule has 0 nitrogen and oxygen atoms in total. The molecule has 0 atom stereocenters. The van der Waals surface area contributed by atoms with Crippen LogP contribution in [0, 0.1) is 0 Å². The van der Waals surface area contributed by atoms with Gasteiger partial charge >= 0.3 is 12.4 Å². The standard InChI is InChI=1S/C6H6F6/c7-5(8,9)3-1-2-4-6(10,11)12/h1,3H,2,4H2/b3-1+. The van der Waals surface area contributed by atoms with Gasteiger partial charge in [-0.1, -0.05) is 6.08 Å². The molecule has 0 spiro atoms. The van der Waals surface area contributed by atoms with Crippen molar-refractivity contribution in [1.82, 2.24) is 0 Å². The van der Waals surface area contributed by atoms with Crippen LogP contribution in [0.15, 0.2) is 12.2 Å². The van der Waals surface area contributed by atoms with Crippen LogP contribution in [0.3, 0.4) is 0 Å². The highest BCUT2D eigenvalue weighted by atomic mass is 19.4. The SMILES string of the molecule is FC(F)(F)/C=C/CCC(F)(F)F. The van der Waals surface area contributed by atoms with Crippen molar-refractivity contribution in [3.05, 3.63) is 12.2 Å². The van der Waals surface area contributed by atoms with Crippen LogP contribution >= 0.6 is 0 Å². The van der Waals surface area contributed by atoms with Gasteiger partial charge in [0.25, 0.3) is 0 Å². The smallest absolute Gasteiger partial charge is 0.171 e. The minimum atomic E-state index is -4.52. The number of hydrogen-bond donors (Lipinski definition) is 0. The Balaban J connectivity index is 3.64. The molecule has 0 aliphatic carbocycles. The summed E-state index contributed by atoms with van der Waals surface area (Å²) in [5.41, 5.74) is 0. The van der Waals surface area contributed by atoms with Crippen molar-refractivity contribution in [2.45, 2.75) is 25.2 Å². The van der Waals surface area contributed by atoms with Crippen molar-refractivity contribution in [1.29, 1.82) is 0 Å². The number of hydrogen-bond acceptors (Lipinski definition) is 0. The van der Waals surface area contributed by atoms with Crippen LogP contribution in [0.25, 0.3) is 0 Å². The Morgan fingerprint density at radius 1 is 0.917 bits per heavy atom. The zero-order chi connectivity index (χ0) is 9.83. The monoisotopic (exact) mass is 192 g/mol. The first kappa shape index (κ1) is 11.3. The summed E-state index contributed by atoms with van der Waals surface area (Å²) in [5.74, 6) is 0. The van der Waals surface area contributed by atoms with Gasteiger partial charge in [-0.15, -0.1) is 0 Å². The molecule has 0 amide bonds. The van der Waals surface area contributed by atoms with E-state index in [4.69, 9.17) is 0 Å². The van der Waals surface area contributed by atoms with Gasteiger partial charge in [0.2, 0.25) is 0 Å². The van der Waals surface area contributed by atoms with Gasteiger partial charge in [0, 0.05) is 12.5 Å². The summed E-state index contributed by atoms with van der Waals surface area (Å²) in [4.78, 5) is 0. The molecule has 0 saturated carbocycles. The predicted octanol–water partition coefficient (Wildman–Crippen LogP) is 3.45. The van der Waals surface area contributed by atoms with Crippen LogP contribution in [-0.2, 0) is 0 Å². The lowest BCUT2D eigenvalue weighted by Crippen LogP contribution is -2.06. The van der Waals surface area contributed by atoms with E-state index >= 15 is 0 Å². The second-order valence-corrected chi connectivity index (χ2v) is 2.10. The van der Waals surface area contributed by atoms with Gasteiger partial charge in [-0.2, -0.15) is 26.3 Å². The average Bonchev–Trinajstić information content (AvgIpc) is 1.76. The lowest BCUT2D eigenvalue weighted by atomic mass is 10.3. The Morgan fingerprint density at radius 2 is 1.42 bits per heavy atom. The van der Waals surface area contributed by atoms with E-state index < -0.39 is 25.2 Å². The van der Waals surface area contributed by atoms with Crippen LogP contribution in [0.5, 0.6) is 0 Å². The molecule has 0 rings (SSSR count). The third kappa shape index (κ3) is 9.32. The van der Waals surface area contributed by atoms with Crippen LogP contribution < -0.4 is 0 Å². The largest absolute Gasteiger partial charge is 0.409 e. The molecule has 0 aromatic rings.